The second kappa shape index (κ2) is 2.64. The SMILES string of the molecule is CC1(C)Nc2cc(CO)ccc2O1. The van der Waals surface area contributed by atoms with E-state index in [2.05, 4.69) is 5.32 Å². The van der Waals surface area contributed by atoms with Crippen molar-refractivity contribution in [3.8, 4) is 5.75 Å². The Morgan fingerprint density at radius 1 is 1.46 bits per heavy atom. The van der Waals surface area contributed by atoms with E-state index in [1.807, 2.05) is 32.0 Å². The number of anilines is 1. The maximum atomic E-state index is 8.93. The van der Waals surface area contributed by atoms with Gasteiger partial charge in [0.1, 0.15) is 5.75 Å². The first-order valence-corrected chi connectivity index (χ1v) is 4.32. The molecule has 0 unspecified atom stereocenters. The van der Waals surface area contributed by atoms with Crippen LogP contribution in [0.25, 0.3) is 0 Å². The first-order valence-electron chi connectivity index (χ1n) is 4.32. The van der Waals surface area contributed by atoms with Crippen molar-refractivity contribution in [2.75, 3.05) is 5.32 Å². The molecule has 2 N–H and O–H groups in total. The van der Waals surface area contributed by atoms with Crippen LogP contribution in [0.4, 0.5) is 5.69 Å². The predicted octanol–water partition coefficient (Wildman–Crippen LogP) is 1.72. The third-order valence-electron chi connectivity index (χ3n) is 2.03. The molecule has 1 aromatic carbocycles. The lowest BCUT2D eigenvalue weighted by molar-refractivity contribution is 0.162. The van der Waals surface area contributed by atoms with E-state index in [4.69, 9.17) is 9.84 Å². The van der Waals surface area contributed by atoms with E-state index in [0.717, 1.165) is 17.0 Å². The molecule has 1 heterocycles. The van der Waals surface area contributed by atoms with E-state index >= 15 is 0 Å². The quantitative estimate of drug-likeness (QED) is 0.689. The monoisotopic (exact) mass is 179 g/mol. The minimum absolute atomic E-state index is 0.0649. The van der Waals surface area contributed by atoms with Gasteiger partial charge < -0.3 is 15.2 Å². The van der Waals surface area contributed by atoms with Crippen LogP contribution in [0.1, 0.15) is 19.4 Å². The Labute approximate surface area is 77.3 Å². The Hall–Kier alpha value is -1.22. The lowest BCUT2D eigenvalue weighted by Gasteiger charge is -2.17. The molecule has 0 bridgehead atoms. The van der Waals surface area contributed by atoms with Crippen LogP contribution in [0.5, 0.6) is 5.75 Å². The Kier molecular flexibility index (Phi) is 1.70. The summed E-state index contributed by atoms with van der Waals surface area (Å²) in [5, 5.41) is 12.1. The molecule has 0 amide bonds. The van der Waals surface area contributed by atoms with E-state index in [0.29, 0.717) is 0 Å². The number of rotatable bonds is 1. The number of aliphatic hydroxyl groups is 1. The number of hydrogen-bond donors (Lipinski definition) is 2. The molecular formula is C10H13NO2. The third-order valence-corrected chi connectivity index (χ3v) is 2.03. The summed E-state index contributed by atoms with van der Waals surface area (Å²) in [5.74, 6) is 0.849. The van der Waals surface area contributed by atoms with E-state index in [-0.39, 0.29) is 12.3 Å². The molecule has 0 radical (unpaired) electrons. The summed E-state index contributed by atoms with van der Waals surface area (Å²) in [5.41, 5.74) is 1.51. The van der Waals surface area contributed by atoms with Gasteiger partial charge in [0, 0.05) is 0 Å². The van der Waals surface area contributed by atoms with Crippen molar-refractivity contribution in [3.05, 3.63) is 23.8 Å². The van der Waals surface area contributed by atoms with Crippen molar-refractivity contribution in [1.29, 1.82) is 0 Å². The Morgan fingerprint density at radius 2 is 2.23 bits per heavy atom. The normalized spacial score (nSPS) is 17.5. The number of benzene rings is 1. The summed E-state index contributed by atoms with van der Waals surface area (Å²) in [7, 11) is 0. The van der Waals surface area contributed by atoms with Gasteiger partial charge in [0.25, 0.3) is 0 Å². The molecule has 1 aromatic rings. The average molecular weight is 179 g/mol. The van der Waals surface area contributed by atoms with Gasteiger partial charge in [-0.05, 0) is 31.5 Å². The highest BCUT2D eigenvalue weighted by Gasteiger charge is 2.28. The maximum absolute atomic E-state index is 8.93. The Bertz CT molecular complexity index is 334. The van der Waals surface area contributed by atoms with Gasteiger partial charge in [-0.1, -0.05) is 6.07 Å². The van der Waals surface area contributed by atoms with Crippen molar-refractivity contribution in [3.63, 3.8) is 0 Å². The topological polar surface area (TPSA) is 41.5 Å². The molecule has 0 aromatic heterocycles. The molecule has 1 aliphatic heterocycles. The summed E-state index contributed by atoms with van der Waals surface area (Å²) < 4.78 is 5.60. The van der Waals surface area contributed by atoms with Crippen molar-refractivity contribution in [2.45, 2.75) is 26.2 Å². The number of hydrogen-bond acceptors (Lipinski definition) is 3. The first kappa shape index (κ1) is 8.38. The second-order valence-electron chi connectivity index (χ2n) is 3.73. The van der Waals surface area contributed by atoms with Crippen LogP contribution < -0.4 is 10.1 Å². The van der Waals surface area contributed by atoms with Crippen LogP contribution in [0.15, 0.2) is 18.2 Å². The predicted molar refractivity (Wildman–Crippen MR) is 50.7 cm³/mol. The fourth-order valence-electron chi connectivity index (χ4n) is 1.49. The van der Waals surface area contributed by atoms with E-state index in [9.17, 15) is 0 Å². The summed E-state index contributed by atoms with van der Waals surface area (Å²) in [6.07, 6.45) is 0. The van der Waals surface area contributed by atoms with Crippen LogP contribution in [-0.2, 0) is 6.61 Å². The minimum Gasteiger partial charge on any atom is -0.467 e. The van der Waals surface area contributed by atoms with Gasteiger partial charge in [0.05, 0.1) is 12.3 Å². The number of ether oxygens (including phenoxy) is 1. The molecule has 0 aliphatic carbocycles. The first-order chi connectivity index (χ1) is 6.11. The highest BCUT2D eigenvalue weighted by molar-refractivity contribution is 5.62. The molecule has 0 fully saturated rings. The molecule has 0 spiro atoms. The van der Waals surface area contributed by atoms with Gasteiger partial charge in [0.15, 0.2) is 5.72 Å². The van der Waals surface area contributed by atoms with Crippen molar-refractivity contribution in [1.82, 2.24) is 0 Å². The van der Waals surface area contributed by atoms with Crippen LogP contribution in [0.3, 0.4) is 0 Å². The van der Waals surface area contributed by atoms with E-state index in [1.165, 1.54) is 0 Å². The zero-order valence-corrected chi connectivity index (χ0v) is 7.79. The summed E-state index contributed by atoms with van der Waals surface area (Å²) in [6, 6.07) is 5.65. The van der Waals surface area contributed by atoms with Crippen molar-refractivity contribution < 1.29 is 9.84 Å². The van der Waals surface area contributed by atoms with Gasteiger partial charge in [-0.25, -0.2) is 0 Å². The molecule has 1 aliphatic rings. The molecule has 0 saturated heterocycles. The van der Waals surface area contributed by atoms with Crippen molar-refractivity contribution >= 4 is 5.69 Å². The van der Waals surface area contributed by atoms with Gasteiger partial charge in [-0.3, -0.25) is 0 Å². The molecule has 0 saturated carbocycles. The van der Waals surface area contributed by atoms with Gasteiger partial charge in [-0.15, -0.1) is 0 Å². The highest BCUT2D eigenvalue weighted by Crippen LogP contribution is 2.36. The molecule has 3 heteroatoms. The molecule has 13 heavy (non-hydrogen) atoms. The smallest absolute Gasteiger partial charge is 0.175 e. The Morgan fingerprint density at radius 3 is 2.92 bits per heavy atom. The van der Waals surface area contributed by atoms with Gasteiger partial charge in [0.2, 0.25) is 0 Å². The number of aliphatic hydroxyl groups excluding tert-OH is 1. The zero-order valence-electron chi connectivity index (χ0n) is 7.79. The van der Waals surface area contributed by atoms with E-state index < -0.39 is 0 Å². The third kappa shape index (κ3) is 1.47. The number of fused-ring (bicyclic) bond motifs is 1. The lowest BCUT2D eigenvalue weighted by atomic mass is 10.2. The largest absolute Gasteiger partial charge is 0.467 e. The minimum atomic E-state index is -0.337. The van der Waals surface area contributed by atoms with Crippen LogP contribution in [0, 0.1) is 0 Å². The van der Waals surface area contributed by atoms with Crippen LogP contribution >= 0.6 is 0 Å². The molecule has 70 valence electrons. The fraction of sp³-hybridized carbons (Fsp3) is 0.400. The molecular weight excluding hydrogens is 166 g/mol. The van der Waals surface area contributed by atoms with Gasteiger partial charge in [-0.2, -0.15) is 0 Å². The van der Waals surface area contributed by atoms with E-state index in [1.54, 1.807) is 0 Å². The Balaban J connectivity index is 2.36. The lowest BCUT2D eigenvalue weighted by Crippen LogP contribution is -2.31. The maximum Gasteiger partial charge on any atom is 0.175 e. The standard InChI is InChI=1S/C10H13NO2/c1-10(2)11-8-5-7(6-12)3-4-9(8)13-10/h3-5,11-12H,6H2,1-2H3. The fourth-order valence-corrected chi connectivity index (χ4v) is 1.49. The average Bonchev–Trinajstić information content (AvgIpc) is 2.36. The summed E-state index contributed by atoms with van der Waals surface area (Å²) in [6.45, 7) is 3.99. The highest BCUT2D eigenvalue weighted by atomic mass is 16.5. The summed E-state index contributed by atoms with van der Waals surface area (Å²) >= 11 is 0. The zero-order chi connectivity index (χ0) is 9.47. The summed E-state index contributed by atoms with van der Waals surface area (Å²) in [4.78, 5) is 0. The van der Waals surface area contributed by atoms with Crippen LogP contribution in [-0.4, -0.2) is 10.8 Å². The van der Waals surface area contributed by atoms with Crippen LogP contribution in [0.2, 0.25) is 0 Å². The second-order valence-corrected chi connectivity index (χ2v) is 3.73. The van der Waals surface area contributed by atoms with Gasteiger partial charge >= 0.3 is 0 Å². The molecule has 2 rings (SSSR count). The number of nitrogens with one attached hydrogen (secondary N) is 1. The molecule has 3 nitrogen and oxygen atoms in total. The van der Waals surface area contributed by atoms with Crippen molar-refractivity contribution in [2.24, 2.45) is 0 Å². The molecule has 0 atom stereocenters.